The van der Waals surface area contributed by atoms with Gasteiger partial charge in [0.15, 0.2) is 0 Å². The van der Waals surface area contributed by atoms with E-state index < -0.39 is 10.0 Å². The van der Waals surface area contributed by atoms with Gasteiger partial charge in [-0.1, -0.05) is 55.9 Å². The van der Waals surface area contributed by atoms with Crippen molar-refractivity contribution in [3.63, 3.8) is 0 Å². The number of nitrogens with one attached hydrogen (secondary N) is 2. The summed E-state index contributed by atoms with van der Waals surface area (Å²) >= 11 is 0.835. The van der Waals surface area contributed by atoms with Gasteiger partial charge in [-0.3, -0.25) is 4.79 Å². The Kier molecular flexibility index (Phi) is 6.48. The van der Waals surface area contributed by atoms with Gasteiger partial charge in [0.25, 0.3) is 10.0 Å². The van der Waals surface area contributed by atoms with Gasteiger partial charge in [-0.05, 0) is 31.4 Å². The van der Waals surface area contributed by atoms with Gasteiger partial charge in [0.05, 0.1) is 0 Å². The largest absolute Gasteiger partial charge is 0.300 e. The van der Waals surface area contributed by atoms with Crippen molar-refractivity contribution in [2.24, 2.45) is 5.92 Å². The number of hydrogen-bond donors (Lipinski definition) is 2. The van der Waals surface area contributed by atoms with Crippen molar-refractivity contribution in [2.45, 2.75) is 51.4 Å². The number of amides is 1. The molecule has 0 aliphatic heterocycles. The van der Waals surface area contributed by atoms with Crippen LogP contribution >= 0.6 is 11.3 Å². The summed E-state index contributed by atoms with van der Waals surface area (Å²) in [6.45, 7) is 9.36. The molecule has 0 bridgehead atoms. The third-order valence-electron chi connectivity index (χ3n) is 3.90. The van der Waals surface area contributed by atoms with Crippen LogP contribution in [0.5, 0.6) is 0 Å². The van der Waals surface area contributed by atoms with Crippen LogP contribution in [-0.4, -0.2) is 24.5 Å². The minimum atomic E-state index is -3.84. The van der Waals surface area contributed by atoms with Crippen molar-refractivity contribution in [1.82, 2.24) is 14.9 Å². The van der Waals surface area contributed by atoms with Crippen molar-refractivity contribution >= 4 is 32.4 Å². The zero-order chi connectivity index (χ0) is 19.5. The Morgan fingerprint density at radius 2 is 1.92 bits per heavy atom. The molecule has 1 aromatic carbocycles. The first-order chi connectivity index (χ1) is 12.1. The highest BCUT2D eigenvalue weighted by molar-refractivity contribution is 7.91. The number of benzene rings is 1. The highest BCUT2D eigenvalue weighted by Gasteiger charge is 2.25. The van der Waals surface area contributed by atoms with Crippen molar-refractivity contribution in [1.29, 1.82) is 0 Å². The summed E-state index contributed by atoms with van der Waals surface area (Å²) in [7, 11) is -3.84. The number of rotatable bonds is 7. The number of anilines is 1. The summed E-state index contributed by atoms with van der Waals surface area (Å²) in [6.07, 6.45) is 0.596. The predicted molar refractivity (Wildman–Crippen MR) is 103 cm³/mol. The van der Waals surface area contributed by atoms with Crippen LogP contribution in [0.15, 0.2) is 22.5 Å². The smallest absolute Gasteiger partial charge is 0.270 e. The lowest BCUT2D eigenvalue weighted by Gasteiger charge is -2.19. The quantitative estimate of drug-likeness (QED) is 0.700. The topological polar surface area (TPSA) is 101 Å². The van der Waals surface area contributed by atoms with Gasteiger partial charge in [0, 0.05) is 12.0 Å². The standard InChI is InChI=1S/C17H24N4O3S2/c1-6-14(13-8-7-11(4)9-12(13)5)21-26(23,24)17-20-19-16(25-17)18-15(22)10(2)3/h7-10,14,21H,6H2,1-5H3,(H,18,19,22). The Bertz CT molecular complexity index is 891. The van der Waals surface area contributed by atoms with Gasteiger partial charge >= 0.3 is 0 Å². The van der Waals surface area contributed by atoms with E-state index in [0.717, 1.165) is 28.0 Å². The molecular weight excluding hydrogens is 372 g/mol. The predicted octanol–water partition coefficient (Wildman–Crippen LogP) is 3.18. The van der Waals surface area contributed by atoms with E-state index in [9.17, 15) is 13.2 Å². The van der Waals surface area contributed by atoms with E-state index in [1.807, 2.05) is 39.0 Å². The SMILES string of the molecule is CCC(NS(=O)(=O)c1nnc(NC(=O)C(C)C)s1)c1ccc(C)cc1C. The molecule has 0 aliphatic rings. The summed E-state index contributed by atoms with van der Waals surface area (Å²) in [5.74, 6) is -0.467. The van der Waals surface area contributed by atoms with Crippen LogP contribution in [0, 0.1) is 19.8 Å². The van der Waals surface area contributed by atoms with Crippen LogP contribution in [0.4, 0.5) is 5.13 Å². The van der Waals surface area contributed by atoms with Crippen molar-refractivity contribution in [3.05, 3.63) is 34.9 Å². The highest BCUT2D eigenvalue weighted by Crippen LogP contribution is 2.26. The molecule has 1 aromatic heterocycles. The van der Waals surface area contributed by atoms with Gasteiger partial charge in [0.1, 0.15) is 0 Å². The van der Waals surface area contributed by atoms with Crippen molar-refractivity contribution in [3.8, 4) is 0 Å². The fourth-order valence-electron chi connectivity index (χ4n) is 2.44. The lowest BCUT2D eigenvalue weighted by Crippen LogP contribution is -2.28. The molecule has 26 heavy (non-hydrogen) atoms. The Morgan fingerprint density at radius 3 is 2.50 bits per heavy atom. The van der Waals surface area contributed by atoms with Crippen LogP contribution in [0.25, 0.3) is 0 Å². The van der Waals surface area contributed by atoms with E-state index in [2.05, 4.69) is 20.2 Å². The Hall–Kier alpha value is -1.84. The lowest BCUT2D eigenvalue weighted by atomic mass is 9.98. The third-order valence-corrected chi connectivity index (χ3v) is 6.58. The molecule has 0 saturated carbocycles. The molecule has 7 nitrogen and oxygen atoms in total. The molecule has 1 amide bonds. The molecule has 0 saturated heterocycles. The van der Waals surface area contributed by atoms with Crippen LogP contribution in [0.3, 0.4) is 0 Å². The molecule has 2 N–H and O–H groups in total. The first kappa shape index (κ1) is 20.5. The average molecular weight is 397 g/mol. The minimum Gasteiger partial charge on any atom is -0.300 e. The second kappa shape index (κ2) is 8.24. The first-order valence-corrected chi connectivity index (χ1v) is 10.7. The normalized spacial score (nSPS) is 13.0. The van der Waals surface area contributed by atoms with Crippen LogP contribution in [-0.2, 0) is 14.8 Å². The summed E-state index contributed by atoms with van der Waals surface area (Å²) < 4.78 is 27.9. The Labute approximate surface area is 158 Å². The summed E-state index contributed by atoms with van der Waals surface area (Å²) in [5.41, 5.74) is 3.08. The van der Waals surface area contributed by atoms with E-state index in [-0.39, 0.29) is 27.3 Å². The zero-order valence-electron chi connectivity index (χ0n) is 15.5. The lowest BCUT2D eigenvalue weighted by molar-refractivity contribution is -0.118. The monoisotopic (exact) mass is 396 g/mol. The van der Waals surface area contributed by atoms with Crippen LogP contribution < -0.4 is 10.0 Å². The van der Waals surface area contributed by atoms with Crippen molar-refractivity contribution in [2.75, 3.05) is 5.32 Å². The van der Waals surface area contributed by atoms with Gasteiger partial charge in [-0.25, -0.2) is 13.1 Å². The summed E-state index contributed by atoms with van der Waals surface area (Å²) in [4.78, 5) is 11.7. The molecule has 1 atom stereocenters. The van der Waals surface area contributed by atoms with Gasteiger partial charge in [0.2, 0.25) is 15.4 Å². The fourth-order valence-corrected chi connectivity index (χ4v) is 4.66. The summed E-state index contributed by atoms with van der Waals surface area (Å²) in [6, 6.07) is 5.56. The number of carbonyl (C=O) groups excluding carboxylic acids is 1. The number of carbonyl (C=O) groups is 1. The molecule has 1 unspecified atom stereocenters. The molecule has 9 heteroatoms. The zero-order valence-corrected chi connectivity index (χ0v) is 17.2. The molecule has 0 spiro atoms. The molecular formula is C17H24N4O3S2. The number of aromatic nitrogens is 2. The van der Waals surface area contributed by atoms with E-state index >= 15 is 0 Å². The Balaban J connectivity index is 2.21. The average Bonchev–Trinajstić information content (AvgIpc) is 3.02. The van der Waals surface area contributed by atoms with Crippen LogP contribution in [0.2, 0.25) is 0 Å². The maximum atomic E-state index is 12.7. The van der Waals surface area contributed by atoms with E-state index in [0.29, 0.717) is 6.42 Å². The van der Waals surface area contributed by atoms with E-state index in [4.69, 9.17) is 0 Å². The minimum absolute atomic E-state index is 0.167. The van der Waals surface area contributed by atoms with Gasteiger partial charge < -0.3 is 5.32 Å². The van der Waals surface area contributed by atoms with Gasteiger partial charge in [-0.2, -0.15) is 0 Å². The maximum absolute atomic E-state index is 12.7. The first-order valence-electron chi connectivity index (χ1n) is 8.38. The van der Waals surface area contributed by atoms with Crippen LogP contribution in [0.1, 0.15) is 49.9 Å². The molecule has 0 aliphatic carbocycles. The number of hydrogen-bond acceptors (Lipinski definition) is 6. The van der Waals surface area contributed by atoms with E-state index in [1.54, 1.807) is 13.8 Å². The van der Waals surface area contributed by atoms with Crippen molar-refractivity contribution < 1.29 is 13.2 Å². The number of nitrogens with zero attached hydrogens (tertiary/aromatic N) is 2. The second-order valence-electron chi connectivity index (χ2n) is 6.46. The molecule has 2 rings (SSSR count). The van der Waals surface area contributed by atoms with Gasteiger partial charge in [-0.15, -0.1) is 10.2 Å². The fraction of sp³-hybridized carbons (Fsp3) is 0.471. The number of sulfonamides is 1. The molecule has 142 valence electrons. The molecule has 1 heterocycles. The highest BCUT2D eigenvalue weighted by atomic mass is 32.2. The third kappa shape index (κ3) is 4.87. The molecule has 0 radical (unpaired) electrons. The summed E-state index contributed by atoms with van der Waals surface area (Å²) in [5, 5.41) is 10.2. The number of aryl methyl sites for hydroxylation is 2. The van der Waals surface area contributed by atoms with E-state index in [1.165, 1.54) is 0 Å². The maximum Gasteiger partial charge on any atom is 0.270 e. The molecule has 0 fully saturated rings. The second-order valence-corrected chi connectivity index (χ2v) is 9.32. The molecule has 2 aromatic rings. The Morgan fingerprint density at radius 1 is 1.23 bits per heavy atom.